The van der Waals surface area contributed by atoms with Gasteiger partial charge in [-0.2, -0.15) is 0 Å². The summed E-state index contributed by atoms with van der Waals surface area (Å²) < 4.78 is 27.7. The number of hydrogen-bond donors (Lipinski definition) is 2. The number of hydrogen-bond acceptors (Lipinski definition) is 4. The summed E-state index contributed by atoms with van der Waals surface area (Å²) in [5.41, 5.74) is 1.76. The SMILES string of the molecule is Cc1cc(C(C)NS(=O)(=O)c2cccc(C(=O)O)c2C)ccn1. The standard InChI is InChI=1S/C16H18N2O4S/c1-10-9-13(7-8-17-10)12(3)18-23(21,22)15-6-4-5-14(11(15)2)16(19)20/h4-9,12,18H,1-3H3,(H,19,20). The van der Waals surface area contributed by atoms with Gasteiger partial charge in [-0.25, -0.2) is 17.9 Å². The Morgan fingerprint density at radius 1 is 1.26 bits per heavy atom. The third-order valence-corrected chi connectivity index (χ3v) is 5.24. The number of benzene rings is 1. The smallest absolute Gasteiger partial charge is 0.335 e. The molecule has 2 aromatic rings. The number of pyridine rings is 1. The zero-order valence-electron chi connectivity index (χ0n) is 13.1. The first-order valence-corrected chi connectivity index (χ1v) is 8.48. The Balaban J connectivity index is 2.36. The zero-order valence-corrected chi connectivity index (χ0v) is 13.9. The number of sulfonamides is 1. The van der Waals surface area contributed by atoms with Gasteiger partial charge in [-0.15, -0.1) is 0 Å². The van der Waals surface area contributed by atoms with E-state index >= 15 is 0 Å². The molecule has 0 aliphatic rings. The highest BCUT2D eigenvalue weighted by Crippen LogP contribution is 2.22. The number of nitrogens with zero attached hydrogens (tertiary/aromatic N) is 1. The van der Waals surface area contributed by atoms with E-state index in [1.54, 1.807) is 25.3 Å². The van der Waals surface area contributed by atoms with Crippen molar-refractivity contribution in [2.24, 2.45) is 0 Å². The molecule has 6 nitrogen and oxygen atoms in total. The molecule has 0 bridgehead atoms. The van der Waals surface area contributed by atoms with Gasteiger partial charge in [0.25, 0.3) is 0 Å². The van der Waals surface area contributed by atoms with E-state index < -0.39 is 22.0 Å². The maximum Gasteiger partial charge on any atom is 0.335 e. The van der Waals surface area contributed by atoms with Crippen LogP contribution in [0.3, 0.4) is 0 Å². The van der Waals surface area contributed by atoms with Crippen molar-refractivity contribution in [2.75, 3.05) is 0 Å². The maximum absolute atomic E-state index is 12.6. The van der Waals surface area contributed by atoms with Crippen LogP contribution in [-0.4, -0.2) is 24.5 Å². The molecule has 0 saturated carbocycles. The number of carboxylic acids is 1. The Labute approximate surface area is 135 Å². The van der Waals surface area contributed by atoms with Crippen molar-refractivity contribution in [1.82, 2.24) is 9.71 Å². The van der Waals surface area contributed by atoms with Gasteiger partial charge in [-0.1, -0.05) is 6.07 Å². The minimum atomic E-state index is -3.84. The fraction of sp³-hybridized carbons (Fsp3) is 0.250. The maximum atomic E-state index is 12.6. The Morgan fingerprint density at radius 3 is 2.57 bits per heavy atom. The number of aryl methyl sites for hydroxylation is 1. The fourth-order valence-corrected chi connectivity index (χ4v) is 3.84. The summed E-state index contributed by atoms with van der Waals surface area (Å²) in [4.78, 5) is 15.2. The molecule has 0 saturated heterocycles. The van der Waals surface area contributed by atoms with Gasteiger partial charge < -0.3 is 5.11 Å². The molecule has 0 spiro atoms. The molecule has 1 aromatic carbocycles. The average Bonchev–Trinajstić information content (AvgIpc) is 2.46. The quantitative estimate of drug-likeness (QED) is 0.875. The average molecular weight is 334 g/mol. The van der Waals surface area contributed by atoms with Gasteiger partial charge in [0.15, 0.2) is 0 Å². The molecule has 7 heteroatoms. The molecule has 0 aliphatic heterocycles. The Hall–Kier alpha value is -2.25. The first-order valence-electron chi connectivity index (χ1n) is 7.00. The van der Waals surface area contributed by atoms with Crippen molar-refractivity contribution in [3.63, 3.8) is 0 Å². The molecule has 0 amide bonds. The summed E-state index contributed by atoms with van der Waals surface area (Å²) in [6.45, 7) is 5.03. The second kappa shape index (κ2) is 6.47. The summed E-state index contributed by atoms with van der Waals surface area (Å²) in [5, 5.41) is 9.12. The van der Waals surface area contributed by atoms with E-state index in [0.29, 0.717) is 0 Å². The minimum Gasteiger partial charge on any atom is -0.478 e. The van der Waals surface area contributed by atoms with E-state index in [2.05, 4.69) is 9.71 Å². The molecule has 0 radical (unpaired) electrons. The molecule has 23 heavy (non-hydrogen) atoms. The number of carboxylic acid groups (broad SMARTS) is 1. The van der Waals surface area contributed by atoms with Crippen LogP contribution in [0.4, 0.5) is 0 Å². The lowest BCUT2D eigenvalue weighted by molar-refractivity contribution is 0.0696. The molecule has 1 aromatic heterocycles. The Bertz CT molecular complexity index is 847. The van der Waals surface area contributed by atoms with Gasteiger partial charge in [0.05, 0.1) is 10.5 Å². The van der Waals surface area contributed by atoms with Crippen LogP contribution < -0.4 is 4.72 Å². The molecule has 0 aliphatic carbocycles. The lowest BCUT2D eigenvalue weighted by Gasteiger charge is -2.16. The highest BCUT2D eigenvalue weighted by molar-refractivity contribution is 7.89. The predicted octanol–water partition coefficient (Wildman–Crippen LogP) is 2.44. The fourth-order valence-electron chi connectivity index (χ4n) is 2.34. The van der Waals surface area contributed by atoms with E-state index in [4.69, 9.17) is 5.11 Å². The summed E-state index contributed by atoms with van der Waals surface area (Å²) in [6, 6.07) is 7.27. The zero-order chi connectivity index (χ0) is 17.2. The van der Waals surface area contributed by atoms with Crippen LogP contribution >= 0.6 is 0 Å². The van der Waals surface area contributed by atoms with Crippen LogP contribution in [0.15, 0.2) is 41.4 Å². The number of rotatable bonds is 5. The lowest BCUT2D eigenvalue weighted by atomic mass is 10.1. The van der Waals surface area contributed by atoms with E-state index in [-0.39, 0.29) is 16.0 Å². The summed E-state index contributed by atoms with van der Waals surface area (Å²) in [6.07, 6.45) is 1.62. The summed E-state index contributed by atoms with van der Waals surface area (Å²) in [7, 11) is -3.84. The van der Waals surface area contributed by atoms with Crippen molar-refractivity contribution in [2.45, 2.75) is 31.7 Å². The topological polar surface area (TPSA) is 96.4 Å². The molecule has 1 unspecified atom stereocenters. The van der Waals surface area contributed by atoms with Gasteiger partial charge in [-0.3, -0.25) is 4.98 Å². The van der Waals surface area contributed by atoms with Crippen molar-refractivity contribution in [3.05, 3.63) is 58.9 Å². The van der Waals surface area contributed by atoms with Gasteiger partial charge >= 0.3 is 5.97 Å². The highest BCUT2D eigenvalue weighted by Gasteiger charge is 2.23. The van der Waals surface area contributed by atoms with Crippen LogP contribution in [0.25, 0.3) is 0 Å². The van der Waals surface area contributed by atoms with Crippen LogP contribution in [0.5, 0.6) is 0 Å². The van der Waals surface area contributed by atoms with Crippen LogP contribution in [-0.2, 0) is 10.0 Å². The second-order valence-electron chi connectivity index (χ2n) is 5.31. The predicted molar refractivity (Wildman–Crippen MR) is 85.8 cm³/mol. The van der Waals surface area contributed by atoms with E-state index in [0.717, 1.165) is 11.3 Å². The number of carbonyl (C=O) groups is 1. The minimum absolute atomic E-state index is 0.0275. The summed E-state index contributed by atoms with van der Waals surface area (Å²) in [5.74, 6) is -1.16. The lowest BCUT2D eigenvalue weighted by Crippen LogP contribution is -2.28. The van der Waals surface area contributed by atoms with Gasteiger partial charge in [0.1, 0.15) is 0 Å². The molecule has 122 valence electrons. The van der Waals surface area contributed by atoms with E-state index in [9.17, 15) is 13.2 Å². The van der Waals surface area contributed by atoms with Crippen molar-refractivity contribution in [3.8, 4) is 0 Å². The van der Waals surface area contributed by atoms with Crippen LogP contribution in [0, 0.1) is 13.8 Å². The first-order chi connectivity index (χ1) is 10.7. The van der Waals surface area contributed by atoms with Crippen molar-refractivity contribution >= 4 is 16.0 Å². The molecule has 1 heterocycles. The normalized spacial score (nSPS) is 12.8. The molecular weight excluding hydrogens is 316 g/mol. The molecule has 2 N–H and O–H groups in total. The monoisotopic (exact) mass is 334 g/mol. The van der Waals surface area contributed by atoms with Crippen molar-refractivity contribution in [1.29, 1.82) is 0 Å². The van der Waals surface area contributed by atoms with Gasteiger partial charge in [0, 0.05) is 17.9 Å². The molecule has 2 rings (SSSR count). The number of aromatic nitrogens is 1. The van der Waals surface area contributed by atoms with E-state index in [1.807, 2.05) is 6.92 Å². The van der Waals surface area contributed by atoms with Crippen LogP contribution in [0.2, 0.25) is 0 Å². The molecule has 1 atom stereocenters. The second-order valence-corrected chi connectivity index (χ2v) is 6.99. The third-order valence-electron chi connectivity index (χ3n) is 3.56. The molecular formula is C16H18N2O4S. The van der Waals surface area contributed by atoms with Crippen molar-refractivity contribution < 1.29 is 18.3 Å². The number of aromatic carboxylic acids is 1. The van der Waals surface area contributed by atoms with Gasteiger partial charge in [-0.05, 0) is 56.2 Å². The highest BCUT2D eigenvalue weighted by atomic mass is 32.2. The summed E-state index contributed by atoms with van der Waals surface area (Å²) >= 11 is 0. The largest absolute Gasteiger partial charge is 0.478 e. The molecule has 0 fully saturated rings. The Kier molecular flexibility index (Phi) is 4.82. The van der Waals surface area contributed by atoms with Crippen LogP contribution in [0.1, 0.15) is 40.1 Å². The Morgan fingerprint density at radius 2 is 1.96 bits per heavy atom. The van der Waals surface area contributed by atoms with E-state index in [1.165, 1.54) is 25.1 Å². The first kappa shape index (κ1) is 17.1. The van der Waals surface area contributed by atoms with Gasteiger partial charge in [0.2, 0.25) is 10.0 Å². The third kappa shape index (κ3) is 3.75. The number of nitrogens with one attached hydrogen (secondary N) is 1.